The maximum Gasteiger partial charge on any atom is 0.0174 e. The minimum absolute atomic E-state index is 0.577. The summed E-state index contributed by atoms with van der Waals surface area (Å²) >= 11 is 0. The first-order valence-electron chi connectivity index (χ1n) is 4.29. The fourth-order valence-corrected chi connectivity index (χ4v) is 0.789. The molecule has 0 bridgehead atoms. The molecule has 0 aromatic heterocycles. The van der Waals surface area contributed by atoms with Crippen LogP contribution in [0.5, 0.6) is 0 Å². The van der Waals surface area contributed by atoms with Crippen molar-refractivity contribution < 1.29 is 0 Å². The summed E-state index contributed by atoms with van der Waals surface area (Å²) in [6.07, 6.45) is 3.10. The summed E-state index contributed by atoms with van der Waals surface area (Å²) in [5.41, 5.74) is 7.71. The summed E-state index contributed by atoms with van der Waals surface area (Å²) in [6.45, 7) is 12.5. The van der Waals surface area contributed by atoms with Gasteiger partial charge in [0.05, 0.1) is 0 Å². The molecule has 0 aromatic rings. The van der Waals surface area contributed by atoms with Crippen LogP contribution in [0.4, 0.5) is 0 Å². The van der Waals surface area contributed by atoms with Gasteiger partial charge >= 0.3 is 0 Å². The smallest absolute Gasteiger partial charge is 0.0174 e. The average molecular weight is 155 g/mol. The molecule has 0 spiro atoms. The van der Waals surface area contributed by atoms with E-state index in [1.165, 1.54) is 5.57 Å². The van der Waals surface area contributed by atoms with Gasteiger partial charge in [0.1, 0.15) is 0 Å². The quantitative estimate of drug-likeness (QED) is 0.623. The molecule has 0 unspecified atom stereocenters. The first-order valence-corrected chi connectivity index (χ1v) is 4.29. The van der Waals surface area contributed by atoms with Gasteiger partial charge in [-0.15, -0.1) is 0 Å². The average Bonchev–Trinajstić information content (AvgIpc) is 2.10. The molecule has 0 saturated heterocycles. The first kappa shape index (κ1) is 13.1. The van der Waals surface area contributed by atoms with Crippen molar-refractivity contribution in [2.24, 2.45) is 5.73 Å². The molecule has 0 atom stereocenters. The highest BCUT2D eigenvalue weighted by Crippen LogP contribution is 2.08. The van der Waals surface area contributed by atoms with E-state index in [0.717, 1.165) is 12.0 Å². The largest absolute Gasteiger partial charge is 0.327 e. The van der Waals surface area contributed by atoms with E-state index >= 15 is 0 Å². The molecule has 0 aliphatic heterocycles. The van der Waals surface area contributed by atoms with Crippen LogP contribution in [-0.4, -0.2) is 6.54 Å². The summed E-state index contributed by atoms with van der Waals surface area (Å²) in [4.78, 5) is 0. The third kappa shape index (κ3) is 5.86. The molecule has 66 valence electrons. The molecular formula is C10H21N. The van der Waals surface area contributed by atoms with Crippen LogP contribution in [0.2, 0.25) is 0 Å². The lowest BCUT2D eigenvalue weighted by Crippen LogP contribution is -2.03. The van der Waals surface area contributed by atoms with Crippen molar-refractivity contribution in [3.63, 3.8) is 0 Å². The summed E-state index contributed by atoms with van der Waals surface area (Å²) in [5, 5.41) is 0. The highest BCUT2D eigenvalue weighted by molar-refractivity contribution is 5.27. The lowest BCUT2D eigenvalue weighted by atomic mass is 10.1. The molecule has 0 amide bonds. The molecule has 0 heterocycles. The molecule has 0 aliphatic rings. The van der Waals surface area contributed by atoms with E-state index in [4.69, 9.17) is 5.73 Å². The zero-order chi connectivity index (χ0) is 9.28. The van der Waals surface area contributed by atoms with E-state index in [-0.39, 0.29) is 0 Å². The van der Waals surface area contributed by atoms with Crippen molar-refractivity contribution >= 4 is 0 Å². The minimum atomic E-state index is 0.577. The molecule has 0 aliphatic carbocycles. The van der Waals surface area contributed by atoms with Gasteiger partial charge in [-0.1, -0.05) is 33.4 Å². The van der Waals surface area contributed by atoms with Crippen LogP contribution in [0, 0.1) is 0 Å². The van der Waals surface area contributed by atoms with Gasteiger partial charge in [0.15, 0.2) is 0 Å². The van der Waals surface area contributed by atoms with Gasteiger partial charge in [-0.3, -0.25) is 0 Å². The maximum absolute atomic E-state index is 5.38. The third-order valence-electron chi connectivity index (χ3n) is 1.43. The Morgan fingerprint density at radius 1 is 1.45 bits per heavy atom. The lowest BCUT2D eigenvalue weighted by molar-refractivity contribution is 1.05. The van der Waals surface area contributed by atoms with Gasteiger partial charge in [-0.05, 0) is 24.5 Å². The zero-order valence-electron chi connectivity index (χ0n) is 8.28. The molecular weight excluding hydrogens is 134 g/mol. The molecule has 1 heteroatoms. The molecule has 0 aromatic carbocycles. The van der Waals surface area contributed by atoms with Crippen molar-refractivity contribution in [1.82, 2.24) is 0 Å². The van der Waals surface area contributed by atoms with Crippen LogP contribution >= 0.6 is 0 Å². The number of hydrogen-bond donors (Lipinski definition) is 1. The van der Waals surface area contributed by atoms with Crippen LogP contribution in [0.1, 0.15) is 34.1 Å². The SMILES string of the molecule is C=C(CN)/C(=C\C)CC.CC. The van der Waals surface area contributed by atoms with Crippen molar-refractivity contribution in [2.75, 3.05) is 6.54 Å². The predicted molar refractivity (Wildman–Crippen MR) is 53.6 cm³/mol. The number of allylic oxidation sites excluding steroid dienone is 1. The predicted octanol–water partition coefficient (Wildman–Crippen LogP) is 2.88. The van der Waals surface area contributed by atoms with Gasteiger partial charge in [-0.25, -0.2) is 0 Å². The Balaban J connectivity index is 0. The Morgan fingerprint density at radius 2 is 1.91 bits per heavy atom. The van der Waals surface area contributed by atoms with Gasteiger partial charge in [0.2, 0.25) is 0 Å². The molecule has 0 radical (unpaired) electrons. The fourth-order valence-electron chi connectivity index (χ4n) is 0.789. The van der Waals surface area contributed by atoms with Crippen molar-refractivity contribution in [3.05, 3.63) is 23.8 Å². The molecule has 0 rings (SSSR count). The number of rotatable bonds is 3. The zero-order valence-corrected chi connectivity index (χ0v) is 8.28. The standard InChI is InChI=1S/C8H15N.C2H6/c1-4-8(5-2)7(3)6-9;1-2/h4H,3,5-6,9H2,1-2H3;1-2H3/b8-4-;. The van der Waals surface area contributed by atoms with Crippen molar-refractivity contribution in [3.8, 4) is 0 Å². The Morgan fingerprint density at radius 3 is 2.00 bits per heavy atom. The van der Waals surface area contributed by atoms with Gasteiger partial charge < -0.3 is 5.73 Å². The lowest BCUT2D eigenvalue weighted by Gasteiger charge is -2.03. The molecule has 11 heavy (non-hydrogen) atoms. The van der Waals surface area contributed by atoms with Crippen LogP contribution < -0.4 is 5.73 Å². The molecule has 2 N–H and O–H groups in total. The highest BCUT2D eigenvalue weighted by Gasteiger charge is 1.93. The summed E-state index contributed by atoms with van der Waals surface area (Å²) in [5.74, 6) is 0. The van der Waals surface area contributed by atoms with Crippen LogP contribution in [0.15, 0.2) is 23.8 Å². The van der Waals surface area contributed by atoms with E-state index in [9.17, 15) is 0 Å². The second-order valence-electron chi connectivity index (χ2n) is 1.98. The van der Waals surface area contributed by atoms with Crippen molar-refractivity contribution in [2.45, 2.75) is 34.1 Å². The van der Waals surface area contributed by atoms with Crippen molar-refractivity contribution in [1.29, 1.82) is 0 Å². The van der Waals surface area contributed by atoms with Crippen LogP contribution in [-0.2, 0) is 0 Å². The van der Waals surface area contributed by atoms with Gasteiger partial charge in [0.25, 0.3) is 0 Å². The van der Waals surface area contributed by atoms with Gasteiger partial charge in [0, 0.05) is 6.54 Å². The fraction of sp³-hybridized carbons (Fsp3) is 0.600. The minimum Gasteiger partial charge on any atom is -0.327 e. The van der Waals surface area contributed by atoms with E-state index < -0.39 is 0 Å². The summed E-state index contributed by atoms with van der Waals surface area (Å²) < 4.78 is 0. The second kappa shape index (κ2) is 9.44. The van der Waals surface area contributed by atoms with E-state index in [1.54, 1.807) is 0 Å². The topological polar surface area (TPSA) is 26.0 Å². The third-order valence-corrected chi connectivity index (χ3v) is 1.43. The van der Waals surface area contributed by atoms with Crippen LogP contribution in [0.25, 0.3) is 0 Å². The Kier molecular flexibility index (Phi) is 11.2. The molecule has 1 nitrogen and oxygen atoms in total. The van der Waals surface area contributed by atoms with E-state index in [2.05, 4.69) is 19.6 Å². The second-order valence-corrected chi connectivity index (χ2v) is 1.98. The molecule has 0 saturated carbocycles. The van der Waals surface area contributed by atoms with E-state index in [0.29, 0.717) is 6.54 Å². The van der Waals surface area contributed by atoms with Crippen LogP contribution in [0.3, 0.4) is 0 Å². The number of hydrogen-bond acceptors (Lipinski definition) is 1. The number of nitrogens with two attached hydrogens (primary N) is 1. The Bertz CT molecular complexity index is 123. The summed E-state index contributed by atoms with van der Waals surface area (Å²) in [7, 11) is 0. The molecule has 0 fully saturated rings. The normalized spacial score (nSPS) is 10.1. The Labute approximate surface area is 71.0 Å². The summed E-state index contributed by atoms with van der Waals surface area (Å²) in [6, 6.07) is 0. The maximum atomic E-state index is 5.38. The first-order chi connectivity index (χ1) is 5.26. The Hall–Kier alpha value is -0.560. The monoisotopic (exact) mass is 155 g/mol. The van der Waals surface area contributed by atoms with E-state index in [1.807, 2.05) is 20.8 Å². The highest BCUT2D eigenvalue weighted by atomic mass is 14.5. The van der Waals surface area contributed by atoms with Gasteiger partial charge in [-0.2, -0.15) is 0 Å².